The maximum absolute atomic E-state index is 5.20. The fourth-order valence-corrected chi connectivity index (χ4v) is 2.09. The van der Waals surface area contributed by atoms with Crippen LogP contribution in [0.4, 0.5) is 0 Å². The first-order valence-corrected chi connectivity index (χ1v) is 7.17. The Morgan fingerprint density at radius 1 is 1.41 bits per heavy atom. The minimum absolute atomic E-state index is 0.241. The largest absolute Gasteiger partial charge is 0.338 e. The molecule has 2 rings (SSSR count). The smallest absolute Gasteiger partial charge is 0.240 e. The molecule has 5 heteroatoms. The van der Waals surface area contributed by atoms with Crippen LogP contribution < -0.4 is 5.32 Å². The van der Waals surface area contributed by atoms with Gasteiger partial charge in [-0.3, -0.25) is 0 Å². The molecule has 0 aliphatic heterocycles. The highest BCUT2D eigenvalue weighted by atomic mass is 32.2. The van der Waals surface area contributed by atoms with E-state index in [1.54, 1.807) is 0 Å². The maximum Gasteiger partial charge on any atom is 0.240 e. The third-order valence-electron chi connectivity index (χ3n) is 2.55. The highest BCUT2D eigenvalue weighted by molar-refractivity contribution is 7.99. The van der Waals surface area contributed by atoms with E-state index >= 15 is 0 Å². The Kier molecular flexibility index (Phi) is 4.09. The zero-order valence-corrected chi connectivity index (χ0v) is 11.6. The standard InChI is InChI=1S/C12H21N3OS/c1-12(2,3)17-8-10-14-11(16-15-10)7-13-6-9-4-5-9/h9,13H,4-8H2,1-3H3. The molecular formula is C12H21N3OS. The number of hydrogen-bond acceptors (Lipinski definition) is 5. The van der Waals surface area contributed by atoms with E-state index in [0.29, 0.717) is 12.4 Å². The summed E-state index contributed by atoms with van der Waals surface area (Å²) < 4.78 is 5.44. The van der Waals surface area contributed by atoms with Gasteiger partial charge in [0.15, 0.2) is 5.82 Å². The van der Waals surface area contributed by atoms with E-state index in [1.165, 1.54) is 12.8 Å². The van der Waals surface area contributed by atoms with Crippen LogP contribution in [-0.2, 0) is 12.3 Å². The first kappa shape index (κ1) is 12.9. The van der Waals surface area contributed by atoms with E-state index in [2.05, 4.69) is 36.2 Å². The molecule has 4 nitrogen and oxygen atoms in total. The summed E-state index contributed by atoms with van der Waals surface area (Å²) in [5, 5.41) is 7.33. The summed E-state index contributed by atoms with van der Waals surface area (Å²) in [6.45, 7) is 8.35. The molecule has 0 amide bonds. The zero-order chi connectivity index (χ0) is 12.3. The molecule has 0 spiro atoms. The van der Waals surface area contributed by atoms with E-state index in [9.17, 15) is 0 Å². The Balaban J connectivity index is 1.70. The van der Waals surface area contributed by atoms with Crippen molar-refractivity contribution < 1.29 is 4.52 Å². The Bertz CT molecular complexity index is 355. The van der Waals surface area contributed by atoms with Crippen LogP contribution in [0.25, 0.3) is 0 Å². The van der Waals surface area contributed by atoms with Gasteiger partial charge in [0, 0.05) is 4.75 Å². The molecule has 0 aromatic carbocycles. The highest BCUT2D eigenvalue weighted by Gasteiger charge is 2.20. The SMILES string of the molecule is CC(C)(C)SCc1noc(CNCC2CC2)n1. The van der Waals surface area contributed by atoms with Crippen molar-refractivity contribution in [2.75, 3.05) is 6.54 Å². The zero-order valence-electron chi connectivity index (χ0n) is 10.8. The van der Waals surface area contributed by atoms with Gasteiger partial charge in [-0.2, -0.15) is 4.98 Å². The number of thioether (sulfide) groups is 1. The van der Waals surface area contributed by atoms with E-state index in [-0.39, 0.29) is 4.75 Å². The average molecular weight is 255 g/mol. The summed E-state index contributed by atoms with van der Waals surface area (Å²) in [5.74, 6) is 3.20. The molecule has 1 saturated carbocycles. The van der Waals surface area contributed by atoms with Crippen molar-refractivity contribution in [1.82, 2.24) is 15.5 Å². The van der Waals surface area contributed by atoms with Crippen molar-refractivity contribution in [3.8, 4) is 0 Å². The van der Waals surface area contributed by atoms with Gasteiger partial charge in [0.25, 0.3) is 0 Å². The van der Waals surface area contributed by atoms with Crippen molar-refractivity contribution in [2.24, 2.45) is 5.92 Å². The first-order chi connectivity index (χ1) is 8.03. The van der Waals surface area contributed by atoms with E-state index in [0.717, 1.165) is 24.0 Å². The second-order valence-electron chi connectivity index (χ2n) is 5.58. The second-order valence-corrected chi connectivity index (χ2v) is 7.38. The van der Waals surface area contributed by atoms with Crippen LogP contribution in [-0.4, -0.2) is 21.4 Å². The molecule has 0 bridgehead atoms. The molecule has 0 saturated heterocycles. The van der Waals surface area contributed by atoms with Crippen molar-refractivity contribution in [1.29, 1.82) is 0 Å². The molecule has 1 aliphatic carbocycles. The summed E-state index contributed by atoms with van der Waals surface area (Å²) in [6.07, 6.45) is 2.73. The van der Waals surface area contributed by atoms with Crippen LogP contribution in [0.5, 0.6) is 0 Å². The summed E-state index contributed by atoms with van der Waals surface area (Å²) in [5.41, 5.74) is 0. The number of nitrogens with one attached hydrogen (secondary N) is 1. The second kappa shape index (κ2) is 5.40. The van der Waals surface area contributed by atoms with E-state index in [1.807, 2.05) is 11.8 Å². The molecule has 0 atom stereocenters. The molecule has 1 fully saturated rings. The Morgan fingerprint density at radius 3 is 2.82 bits per heavy atom. The van der Waals surface area contributed by atoms with E-state index < -0.39 is 0 Å². The molecule has 96 valence electrons. The van der Waals surface area contributed by atoms with Crippen LogP contribution in [0.1, 0.15) is 45.3 Å². The predicted octanol–water partition coefficient (Wildman–Crippen LogP) is 2.60. The lowest BCUT2D eigenvalue weighted by molar-refractivity contribution is 0.363. The van der Waals surface area contributed by atoms with Gasteiger partial charge in [-0.25, -0.2) is 0 Å². The molecule has 1 aromatic heterocycles. The lowest BCUT2D eigenvalue weighted by Crippen LogP contribution is -2.16. The maximum atomic E-state index is 5.20. The summed E-state index contributed by atoms with van der Waals surface area (Å²) in [6, 6.07) is 0. The van der Waals surface area contributed by atoms with Gasteiger partial charge in [0.05, 0.1) is 12.3 Å². The van der Waals surface area contributed by atoms with Crippen LogP contribution in [0, 0.1) is 5.92 Å². The summed E-state index contributed by atoms with van der Waals surface area (Å²) in [4.78, 5) is 4.37. The third-order valence-corrected chi connectivity index (χ3v) is 3.82. The number of nitrogens with zero attached hydrogens (tertiary/aromatic N) is 2. The average Bonchev–Trinajstić information content (AvgIpc) is 2.93. The topological polar surface area (TPSA) is 51.0 Å². The Hall–Kier alpha value is -0.550. The molecule has 0 unspecified atom stereocenters. The lowest BCUT2D eigenvalue weighted by Gasteiger charge is -2.15. The minimum Gasteiger partial charge on any atom is -0.338 e. The predicted molar refractivity (Wildman–Crippen MR) is 69.8 cm³/mol. The van der Waals surface area contributed by atoms with Crippen molar-refractivity contribution in [2.45, 2.75) is 50.7 Å². The number of aromatic nitrogens is 2. The normalized spacial score (nSPS) is 16.4. The van der Waals surface area contributed by atoms with Gasteiger partial charge in [0.1, 0.15) is 0 Å². The number of hydrogen-bond donors (Lipinski definition) is 1. The van der Waals surface area contributed by atoms with Gasteiger partial charge in [-0.15, -0.1) is 11.8 Å². The molecule has 1 heterocycles. The summed E-state index contributed by atoms with van der Waals surface area (Å²) >= 11 is 1.83. The van der Waals surface area contributed by atoms with Gasteiger partial charge in [-0.05, 0) is 25.3 Å². The monoisotopic (exact) mass is 255 g/mol. The van der Waals surface area contributed by atoms with Crippen molar-refractivity contribution in [3.05, 3.63) is 11.7 Å². The van der Waals surface area contributed by atoms with Gasteiger partial charge in [0.2, 0.25) is 5.89 Å². The van der Waals surface area contributed by atoms with Crippen LogP contribution in [0.3, 0.4) is 0 Å². The minimum atomic E-state index is 0.241. The fraction of sp³-hybridized carbons (Fsp3) is 0.833. The molecule has 0 radical (unpaired) electrons. The third kappa shape index (κ3) is 5.08. The fourth-order valence-electron chi connectivity index (χ4n) is 1.41. The lowest BCUT2D eigenvalue weighted by atomic mass is 10.3. The van der Waals surface area contributed by atoms with Crippen LogP contribution in [0.2, 0.25) is 0 Å². The molecule has 1 aromatic rings. The van der Waals surface area contributed by atoms with E-state index in [4.69, 9.17) is 4.52 Å². The van der Waals surface area contributed by atoms with Gasteiger partial charge < -0.3 is 9.84 Å². The van der Waals surface area contributed by atoms with Crippen LogP contribution >= 0.6 is 11.8 Å². The molecule has 17 heavy (non-hydrogen) atoms. The quantitative estimate of drug-likeness (QED) is 0.846. The Labute approximate surface area is 107 Å². The molecule has 1 aliphatic rings. The number of rotatable bonds is 6. The highest BCUT2D eigenvalue weighted by Crippen LogP contribution is 2.28. The molecule has 1 N–H and O–H groups in total. The summed E-state index contributed by atoms with van der Waals surface area (Å²) in [7, 11) is 0. The first-order valence-electron chi connectivity index (χ1n) is 6.19. The van der Waals surface area contributed by atoms with Crippen molar-refractivity contribution >= 4 is 11.8 Å². The van der Waals surface area contributed by atoms with Gasteiger partial charge in [-0.1, -0.05) is 25.9 Å². The van der Waals surface area contributed by atoms with Crippen LogP contribution in [0.15, 0.2) is 4.52 Å². The van der Waals surface area contributed by atoms with Gasteiger partial charge >= 0.3 is 0 Å². The van der Waals surface area contributed by atoms with Crippen molar-refractivity contribution in [3.63, 3.8) is 0 Å². The Morgan fingerprint density at radius 2 is 2.18 bits per heavy atom. The molecular weight excluding hydrogens is 234 g/mol.